The summed E-state index contributed by atoms with van der Waals surface area (Å²) in [6.45, 7) is 2.26. The fourth-order valence-corrected chi connectivity index (χ4v) is 1.79. The fourth-order valence-electron chi connectivity index (χ4n) is 1.79. The van der Waals surface area contributed by atoms with E-state index in [1.807, 2.05) is 0 Å². The van der Waals surface area contributed by atoms with Gasteiger partial charge in [-0.25, -0.2) is 0 Å². The molecule has 0 amide bonds. The van der Waals surface area contributed by atoms with Crippen LogP contribution in [0.1, 0.15) is 12.8 Å². The highest BCUT2D eigenvalue weighted by atomic mass is 16.7. The quantitative estimate of drug-likeness (QED) is 0.493. The topological polar surface area (TPSA) is 18.5 Å². The van der Waals surface area contributed by atoms with Crippen molar-refractivity contribution in [3.63, 3.8) is 0 Å². The Kier molecular flexibility index (Phi) is 2.24. The van der Waals surface area contributed by atoms with Crippen LogP contribution in [0.3, 0.4) is 0 Å². The second kappa shape index (κ2) is 3.37. The van der Waals surface area contributed by atoms with Crippen LogP contribution in [0, 0.1) is 11.8 Å². The SMILES string of the molecule is C1=CCC2COCOCC2C1. The Hall–Kier alpha value is -0.340. The van der Waals surface area contributed by atoms with E-state index in [2.05, 4.69) is 12.2 Å². The van der Waals surface area contributed by atoms with Gasteiger partial charge in [0.05, 0.1) is 13.2 Å². The van der Waals surface area contributed by atoms with Gasteiger partial charge >= 0.3 is 0 Å². The van der Waals surface area contributed by atoms with Gasteiger partial charge < -0.3 is 9.47 Å². The highest BCUT2D eigenvalue weighted by Crippen LogP contribution is 2.27. The number of fused-ring (bicyclic) bond motifs is 1. The van der Waals surface area contributed by atoms with Gasteiger partial charge in [-0.1, -0.05) is 12.2 Å². The van der Waals surface area contributed by atoms with E-state index in [0.29, 0.717) is 18.6 Å². The second-order valence-corrected chi connectivity index (χ2v) is 3.32. The normalized spacial score (nSPS) is 37.8. The molecule has 0 bridgehead atoms. The van der Waals surface area contributed by atoms with Gasteiger partial charge in [0.2, 0.25) is 0 Å². The average Bonchev–Trinajstić information content (AvgIpc) is 2.28. The molecular formula is C9H14O2. The van der Waals surface area contributed by atoms with Crippen LogP contribution >= 0.6 is 0 Å². The molecule has 1 fully saturated rings. The standard InChI is InChI=1S/C9H14O2/c1-2-4-9-6-11-7-10-5-8(9)3-1/h1-2,8-9H,3-7H2. The first-order valence-electron chi connectivity index (χ1n) is 4.27. The van der Waals surface area contributed by atoms with Gasteiger partial charge in [-0.15, -0.1) is 0 Å². The van der Waals surface area contributed by atoms with Crippen LogP contribution in [0.2, 0.25) is 0 Å². The third-order valence-corrected chi connectivity index (χ3v) is 2.54. The number of ether oxygens (including phenoxy) is 2. The molecule has 2 heteroatoms. The average molecular weight is 154 g/mol. The maximum absolute atomic E-state index is 5.31. The molecule has 2 unspecified atom stereocenters. The second-order valence-electron chi connectivity index (χ2n) is 3.32. The van der Waals surface area contributed by atoms with Gasteiger partial charge in [-0.05, 0) is 24.7 Å². The summed E-state index contributed by atoms with van der Waals surface area (Å²) in [4.78, 5) is 0. The van der Waals surface area contributed by atoms with E-state index in [-0.39, 0.29) is 0 Å². The molecule has 2 rings (SSSR count). The van der Waals surface area contributed by atoms with Crippen molar-refractivity contribution in [1.29, 1.82) is 0 Å². The number of hydrogen-bond donors (Lipinski definition) is 0. The molecule has 0 N–H and O–H groups in total. The third-order valence-electron chi connectivity index (χ3n) is 2.54. The Morgan fingerprint density at radius 2 is 1.45 bits per heavy atom. The summed E-state index contributed by atoms with van der Waals surface area (Å²) in [5, 5.41) is 0. The summed E-state index contributed by atoms with van der Waals surface area (Å²) in [6.07, 6.45) is 6.87. The van der Waals surface area contributed by atoms with Gasteiger partial charge in [-0.2, -0.15) is 0 Å². The van der Waals surface area contributed by atoms with Crippen LogP contribution < -0.4 is 0 Å². The molecule has 0 aromatic heterocycles. The molecule has 0 spiro atoms. The lowest BCUT2D eigenvalue weighted by atomic mass is 9.84. The minimum atomic E-state index is 0.493. The van der Waals surface area contributed by atoms with Crippen LogP contribution in [0.4, 0.5) is 0 Å². The fraction of sp³-hybridized carbons (Fsp3) is 0.778. The summed E-state index contributed by atoms with van der Waals surface area (Å²) in [6, 6.07) is 0. The third kappa shape index (κ3) is 1.63. The van der Waals surface area contributed by atoms with E-state index < -0.39 is 0 Å². The van der Waals surface area contributed by atoms with Crippen molar-refractivity contribution in [1.82, 2.24) is 0 Å². The monoisotopic (exact) mass is 154 g/mol. The molecule has 1 aliphatic carbocycles. The molecule has 2 atom stereocenters. The first-order valence-corrected chi connectivity index (χ1v) is 4.27. The molecule has 1 aliphatic heterocycles. The Bertz CT molecular complexity index is 138. The summed E-state index contributed by atoms with van der Waals surface area (Å²) in [7, 11) is 0. The van der Waals surface area contributed by atoms with Gasteiger partial charge in [-0.3, -0.25) is 0 Å². The van der Waals surface area contributed by atoms with E-state index in [1.54, 1.807) is 0 Å². The molecule has 0 saturated carbocycles. The number of hydrogen-bond acceptors (Lipinski definition) is 2. The van der Waals surface area contributed by atoms with E-state index in [9.17, 15) is 0 Å². The van der Waals surface area contributed by atoms with Crippen molar-refractivity contribution in [2.45, 2.75) is 12.8 Å². The predicted molar refractivity (Wildman–Crippen MR) is 42.1 cm³/mol. The molecule has 2 aliphatic rings. The molecule has 62 valence electrons. The van der Waals surface area contributed by atoms with E-state index in [4.69, 9.17) is 9.47 Å². The molecule has 1 heterocycles. The van der Waals surface area contributed by atoms with Crippen LogP contribution in [-0.2, 0) is 9.47 Å². The molecule has 0 aromatic carbocycles. The Morgan fingerprint density at radius 3 is 2.00 bits per heavy atom. The van der Waals surface area contributed by atoms with Crippen molar-refractivity contribution in [2.24, 2.45) is 11.8 Å². The molecule has 2 nitrogen and oxygen atoms in total. The largest absolute Gasteiger partial charge is 0.355 e. The van der Waals surface area contributed by atoms with Crippen LogP contribution in [0.25, 0.3) is 0 Å². The molecule has 1 saturated heterocycles. The van der Waals surface area contributed by atoms with Gasteiger partial charge in [0.1, 0.15) is 6.79 Å². The maximum atomic E-state index is 5.31. The highest BCUT2D eigenvalue weighted by molar-refractivity contribution is 4.94. The number of allylic oxidation sites excluding steroid dienone is 2. The van der Waals surface area contributed by atoms with Gasteiger partial charge in [0, 0.05) is 0 Å². The van der Waals surface area contributed by atoms with Crippen molar-refractivity contribution in [3.8, 4) is 0 Å². The molecule has 0 aromatic rings. The molecule has 0 radical (unpaired) electrons. The van der Waals surface area contributed by atoms with Gasteiger partial charge in [0.15, 0.2) is 0 Å². The Labute approximate surface area is 67.2 Å². The minimum Gasteiger partial charge on any atom is -0.355 e. The van der Waals surface area contributed by atoms with Crippen molar-refractivity contribution in [2.75, 3.05) is 20.0 Å². The summed E-state index contributed by atoms with van der Waals surface area (Å²) in [5.74, 6) is 1.42. The van der Waals surface area contributed by atoms with E-state index in [0.717, 1.165) is 13.2 Å². The van der Waals surface area contributed by atoms with E-state index >= 15 is 0 Å². The van der Waals surface area contributed by atoms with Crippen LogP contribution in [-0.4, -0.2) is 20.0 Å². The lowest BCUT2D eigenvalue weighted by molar-refractivity contribution is -0.0371. The van der Waals surface area contributed by atoms with Crippen LogP contribution in [0.5, 0.6) is 0 Å². The first-order chi connectivity index (χ1) is 5.47. The lowest BCUT2D eigenvalue weighted by Crippen LogP contribution is -2.21. The summed E-state index contributed by atoms with van der Waals surface area (Å²) < 4.78 is 10.6. The zero-order valence-electron chi connectivity index (χ0n) is 6.66. The smallest absolute Gasteiger partial charge is 0.146 e. The molecular weight excluding hydrogens is 140 g/mol. The van der Waals surface area contributed by atoms with Crippen molar-refractivity contribution >= 4 is 0 Å². The minimum absolute atomic E-state index is 0.493. The van der Waals surface area contributed by atoms with E-state index in [1.165, 1.54) is 12.8 Å². The first kappa shape index (κ1) is 7.32. The van der Waals surface area contributed by atoms with Crippen molar-refractivity contribution < 1.29 is 9.47 Å². The summed E-state index contributed by atoms with van der Waals surface area (Å²) >= 11 is 0. The van der Waals surface area contributed by atoms with Crippen LogP contribution in [0.15, 0.2) is 12.2 Å². The zero-order valence-corrected chi connectivity index (χ0v) is 6.66. The zero-order chi connectivity index (χ0) is 7.52. The highest BCUT2D eigenvalue weighted by Gasteiger charge is 2.24. The Morgan fingerprint density at radius 1 is 0.909 bits per heavy atom. The molecule has 11 heavy (non-hydrogen) atoms. The predicted octanol–water partition coefficient (Wildman–Crippen LogP) is 1.57. The lowest BCUT2D eigenvalue weighted by Gasteiger charge is -2.24. The maximum Gasteiger partial charge on any atom is 0.146 e. The number of rotatable bonds is 0. The Balaban J connectivity index is 2.00. The van der Waals surface area contributed by atoms with Crippen molar-refractivity contribution in [3.05, 3.63) is 12.2 Å². The van der Waals surface area contributed by atoms with Gasteiger partial charge in [0.25, 0.3) is 0 Å². The summed E-state index contributed by atoms with van der Waals surface area (Å²) in [5.41, 5.74) is 0.